The summed E-state index contributed by atoms with van der Waals surface area (Å²) >= 11 is 0. The minimum Gasteiger partial charge on any atom is -0.354 e. The van der Waals surface area contributed by atoms with Gasteiger partial charge in [0.05, 0.1) is 0 Å². The fourth-order valence-electron chi connectivity index (χ4n) is 3.87. The normalized spacial score (nSPS) is 15.0. The molecule has 0 bridgehead atoms. The van der Waals surface area contributed by atoms with E-state index in [-0.39, 0.29) is 23.5 Å². The van der Waals surface area contributed by atoms with E-state index in [1.807, 2.05) is 19.2 Å². The molecule has 0 saturated carbocycles. The Balaban J connectivity index is 0.00000363. The molecule has 3 heterocycles. The lowest BCUT2D eigenvalue weighted by Crippen LogP contribution is -2.47. The predicted octanol–water partition coefficient (Wildman–Crippen LogP) is 3.62. The summed E-state index contributed by atoms with van der Waals surface area (Å²) in [5.41, 5.74) is 1.74. The summed E-state index contributed by atoms with van der Waals surface area (Å²) in [5.74, 6) is 2.02. The van der Waals surface area contributed by atoms with Crippen molar-refractivity contribution in [2.45, 2.75) is 72.3 Å². The monoisotopic (exact) mass is 462 g/mol. The highest BCUT2D eigenvalue weighted by molar-refractivity contribution is 5.85. The van der Waals surface area contributed by atoms with E-state index < -0.39 is 0 Å². The van der Waals surface area contributed by atoms with Crippen molar-refractivity contribution in [2.24, 2.45) is 0 Å². The number of aromatic nitrogens is 4. The van der Waals surface area contributed by atoms with Crippen LogP contribution in [0.5, 0.6) is 0 Å². The van der Waals surface area contributed by atoms with E-state index in [2.05, 4.69) is 48.5 Å². The van der Waals surface area contributed by atoms with Crippen molar-refractivity contribution < 1.29 is 0 Å². The largest absolute Gasteiger partial charge is 0.354 e. The molecule has 0 aliphatic carbocycles. The minimum absolute atomic E-state index is 0. The summed E-state index contributed by atoms with van der Waals surface area (Å²) in [7, 11) is 0. The van der Waals surface area contributed by atoms with Crippen molar-refractivity contribution in [3.05, 3.63) is 46.0 Å². The van der Waals surface area contributed by atoms with Crippen molar-refractivity contribution in [3.8, 4) is 0 Å². The lowest BCUT2D eigenvalue weighted by Gasteiger charge is -2.36. The average Bonchev–Trinajstić information content (AvgIpc) is 2.72. The topological polar surface area (TPSA) is 67.2 Å². The van der Waals surface area contributed by atoms with Crippen LogP contribution in [0.4, 0.5) is 5.82 Å². The van der Waals surface area contributed by atoms with E-state index in [0.717, 1.165) is 88.0 Å². The van der Waals surface area contributed by atoms with Gasteiger partial charge in [-0.05, 0) is 38.8 Å². The van der Waals surface area contributed by atoms with Gasteiger partial charge < -0.3 is 4.90 Å². The molecule has 0 aromatic carbocycles. The molecular formula is C24H39ClN6O. The maximum atomic E-state index is 11.9. The van der Waals surface area contributed by atoms with Gasteiger partial charge >= 0.3 is 5.69 Å². The van der Waals surface area contributed by atoms with Gasteiger partial charge in [0.15, 0.2) is 0 Å². The maximum absolute atomic E-state index is 11.9. The van der Waals surface area contributed by atoms with E-state index in [1.165, 1.54) is 0 Å². The fraction of sp³-hybridized carbons (Fsp3) is 0.667. The molecule has 178 valence electrons. The molecular weight excluding hydrogens is 424 g/mol. The standard InChI is InChI=1S/C24H38N6O.ClH/c1-6-9-20-18-21(27-22(26-20)24(3,4)5)29-16-14-28(15-17-29)11-7-8-12-30-13-10-19(2)25-23(30)31;/h10,13,18H,6-9,11-12,14-17H2,1-5H3;1H. The number of nitrogens with zero attached hydrogens (tertiary/aromatic N) is 6. The molecule has 0 spiro atoms. The van der Waals surface area contributed by atoms with Gasteiger partial charge in [-0.15, -0.1) is 12.4 Å². The number of piperazine rings is 1. The Morgan fingerprint density at radius 3 is 2.31 bits per heavy atom. The SMILES string of the molecule is CCCc1cc(N2CCN(CCCCn3ccc(C)nc3=O)CC2)nc(C(C)(C)C)n1.Cl. The van der Waals surface area contributed by atoms with E-state index in [4.69, 9.17) is 9.97 Å². The van der Waals surface area contributed by atoms with Crippen molar-refractivity contribution in [3.63, 3.8) is 0 Å². The fourth-order valence-corrected chi connectivity index (χ4v) is 3.87. The highest BCUT2D eigenvalue weighted by atomic mass is 35.5. The Hall–Kier alpha value is -1.99. The van der Waals surface area contributed by atoms with Crippen LogP contribution in [0.15, 0.2) is 23.1 Å². The third-order valence-electron chi connectivity index (χ3n) is 5.78. The summed E-state index contributed by atoms with van der Waals surface area (Å²) in [6.07, 6.45) is 6.02. The number of hydrogen-bond acceptors (Lipinski definition) is 6. The molecule has 2 aromatic rings. The smallest absolute Gasteiger partial charge is 0.347 e. The lowest BCUT2D eigenvalue weighted by molar-refractivity contribution is 0.250. The number of unbranched alkanes of at least 4 members (excludes halogenated alkanes) is 1. The second-order valence-corrected chi connectivity index (χ2v) is 9.62. The first-order chi connectivity index (χ1) is 14.8. The molecule has 0 N–H and O–H groups in total. The first-order valence-electron chi connectivity index (χ1n) is 11.7. The van der Waals surface area contributed by atoms with Gasteiger partial charge in [-0.2, -0.15) is 4.98 Å². The summed E-state index contributed by atoms with van der Waals surface area (Å²) in [6.45, 7) is 16.5. The van der Waals surface area contributed by atoms with Crippen LogP contribution in [0.3, 0.4) is 0 Å². The van der Waals surface area contributed by atoms with Gasteiger partial charge in [0.2, 0.25) is 0 Å². The number of rotatable bonds is 8. The van der Waals surface area contributed by atoms with Crippen molar-refractivity contribution in [2.75, 3.05) is 37.6 Å². The van der Waals surface area contributed by atoms with Crippen molar-refractivity contribution in [1.29, 1.82) is 0 Å². The Bertz CT molecular complexity index is 915. The molecule has 0 amide bonds. The number of aryl methyl sites for hydroxylation is 3. The molecule has 0 unspecified atom stereocenters. The molecule has 0 radical (unpaired) electrons. The second-order valence-electron chi connectivity index (χ2n) is 9.62. The van der Waals surface area contributed by atoms with Crippen molar-refractivity contribution in [1.82, 2.24) is 24.4 Å². The van der Waals surface area contributed by atoms with Crippen LogP contribution in [-0.2, 0) is 18.4 Å². The number of anilines is 1. The molecule has 8 heteroatoms. The number of hydrogen-bond donors (Lipinski definition) is 0. The zero-order valence-corrected chi connectivity index (χ0v) is 21.1. The van der Waals surface area contributed by atoms with Gasteiger partial charge in [-0.25, -0.2) is 14.8 Å². The Morgan fingerprint density at radius 2 is 1.69 bits per heavy atom. The highest BCUT2D eigenvalue weighted by Crippen LogP contribution is 2.23. The third kappa shape index (κ3) is 7.27. The zero-order valence-electron chi connectivity index (χ0n) is 20.3. The second kappa shape index (κ2) is 11.8. The highest BCUT2D eigenvalue weighted by Gasteiger charge is 2.23. The van der Waals surface area contributed by atoms with E-state index in [0.29, 0.717) is 0 Å². The van der Waals surface area contributed by atoms with Gasteiger partial charge in [0.1, 0.15) is 11.6 Å². The minimum atomic E-state index is -0.143. The Morgan fingerprint density at radius 1 is 1.00 bits per heavy atom. The first kappa shape index (κ1) is 26.3. The predicted molar refractivity (Wildman–Crippen MR) is 133 cm³/mol. The van der Waals surface area contributed by atoms with Crippen LogP contribution in [0.2, 0.25) is 0 Å². The number of halogens is 1. The van der Waals surface area contributed by atoms with Crippen LogP contribution < -0.4 is 10.6 Å². The third-order valence-corrected chi connectivity index (χ3v) is 5.78. The summed E-state index contributed by atoms with van der Waals surface area (Å²) in [6, 6.07) is 4.08. The maximum Gasteiger partial charge on any atom is 0.347 e. The molecule has 1 saturated heterocycles. The molecule has 1 aliphatic rings. The molecule has 32 heavy (non-hydrogen) atoms. The molecule has 2 aromatic heterocycles. The molecule has 0 atom stereocenters. The lowest BCUT2D eigenvalue weighted by atomic mass is 9.95. The molecule has 3 rings (SSSR count). The average molecular weight is 463 g/mol. The van der Waals surface area contributed by atoms with Gasteiger partial charge in [0.25, 0.3) is 0 Å². The summed E-state index contributed by atoms with van der Waals surface area (Å²) in [4.78, 5) is 30.5. The summed E-state index contributed by atoms with van der Waals surface area (Å²) < 4.78 is 1.71. The molecule has 1 aliphatic heterocycles. The van der Waals surface area contributed by atoms with Gasteiger partial charge in [0, 0.05) is 61.8 Å². The van der Waals surface area contributed by atoms with E-state index >= 15 is 0 Å². The van der Waals surface area contributed by atoms with Gasteiger partial charge in [-0.1, -0.05) is 34.1 Å². The first-order valence-corrected chi connectivity index (χ1v) is 11.7. The Labute approximate surface area is 198 Å². The van der Waals surface area contributed by atoms with Crippen LogP contribution >= 0.6 is 12.4 Å². The Kier molecular flexibility index (Phi) is 9.64. The van der Waals surface area contributed by atoms with Gasteiger partial charge in [-0.3, -0.25) is 9.47 Å². The molecule has 7 nitrogen and oxygen atoms in total. The van der Waals surface area contributed by atoms with Crippen LogP contribution in [0.25, 0.3) is 0 Å². The molecule has 1 fully saturated rings. The van der Waals surface area contributed by atoms with Crippen LogP contribution in [-0.4, -0.2) is 57.1 Å². The quantitative estimate of drug-likeness (QED) is 0.558. The summed E-state index contributed by atoms with van der Waals surface area (Å²) in [5, 5.41) is 0. The van der Waals surface area contributed by atoms with Crippen LogP contribution in [0, 0.1) is 6.92 Å². The van der Waals surface area contributed by atoms with Crippen LogP contribution in [0.1, 0.15) is 64.2 Å². The van der Waals surface area contributed by atoms with E-state index in [1.54, 1.807) is 4.57 Å². The van der Waals surface area contributed by atoms with E-state index in [9.17, 15) is 4.79 Å². The van der Waals surface area contributed by atoms with Crippen molar-refractivity contribution >= 4 is 18.2 Å². The zero-order chi connectivity index (χ0) is 22.4.